The summed E-state index contributed by atoms with van der Waals surface area (Å²) in [7, 11) is 0. The van der Waals surface area contributed by atoms with Gasteiger partial charge in [0.05, 0.1) is 80.0 Å². The number of pyridine rings is 3. The number of aromatic amines is 2. The van der Waals surface area contributed by atoms with Gasteiger partial charge >= 0.3 is 35.9 Å². The maximum absolute atomic E-state index is 12.9. The molecule has 0 radical (unpaired) electrons. The highest BCUT2D eigenvalue weighted by Crippen LogP contribution is 2.24. The van der Waals surface area contributed by atoms with E-state index in [-0.39, 0.29) is 98.3 Å². The fourth-order valence-electron chi connectivity index (χ4n) is 9.14. The van der Waals surface area contributed by atoms with E-state index >= 15 is 0 Å². The van der Waals surface area contributed by atoms with Gasteiger partial charge in [-0.3, -0.25) is 58.9 Å². The van der Waals surface area contributed by atoms with Crippen molar-refractivity contribution in [1.29, 1.82) is 0 Å². The molecule has 39 heteroatoms. The van der Waals surface area contributed by atoms with Gasteiger partial charge in [-0.15, -0.1) is 0 Å². The van der Waals surface area contributed by atoms with Crippen molar-refractivity contribution < 1.29 is 90.0 Å². The smallest absolute Gasteiger partial charge is 0.328 e. The number of aliphatic hydroxyl groups is 3. The number of aromatic nitrogens is 9. The van der Waals surface area contributed by atoms with Gasteiger partial charge in [-0.05, 0) is 146 Å². The largest absolute Gasteiger partial charge is 0.862 e. The Labute approximate surface area is 577 Å². The zero-order valence-corrected chi connectivity index (χ0v) is 54.7. The lowest BCUT2D eigenvalue weighted by molar-refractivity contribution is -0.221. The van der Waals surface area contributed by atoms with E-state index in [2.05, 4.69) is 79.8 Å². The third kappa shape index (κ3) is 27.7. The summed E-state index contributed by atoms with van der Waals surface area (Å²) in [5.74, 6) is -11.7. The van der Waals surface area contributed by atoms with Gasteiger partial charge in [0.2, 0.25) is 33.6 Å². The molecule has 6 aromatic rings. The Hall–Kier alpha value is -11.3. The molecule has 0 bridgehead atoms. The number of hydrogen-bond donors (Lipinski definition) is 10. The summed E-state index contributed by atoms with van der Waals surface area (Å²) in [6, 6.07) is 15.0. The molecular formula is C61H67Cl2N19O18-4. The van der Waals surface area contributed by atoms with Crippen LogP contribution in [0.2, 0.25) is 10.6 Å². The zero-order chi connectivity index (χ0) is 72.7. The minimum atomic E-state index is -1.72. The quantitative estimate of drug-likeness (QED) is 0.0126. The number of H-pyrrole nitrogens is 2. The molecule has 532 valence electrons. The Morgan fingerprint density at radius 2 is 1.10 bits per heavy atom. The number of benzene rings is 1. The highest BCUT2D eigenvalue weighted by molar-refractivity contribution is 6.28. The van der Waals surface area contributed by atoms with E-state index in [4.69, 9.17) is 32.9 Å². The Morgan fingerprint density at radius 1 is 0.570 bits per heavy atom. The summed E-state index contributed by atoms with van der Waals surface area (Å²) in [6.07, 6.45) is 2.01. The summed E-state index contributed by atoms with van der Waals surface area (Å²) in [5, 5.41) is 129. The van der Waals surface area contributed by atoms with Crippen molar-refractivity contribution in [2.75, 3.05) is 59.0 Å². The van der Waals surface area contributed by atoms with Crippen molar-refractivity contribution in [3.8, 4) is 34.5 Å². The van der Waals surface area contributed by atoms with Crippen molar-refractivity contribution in [3.05, 3.63) is 124 Å². The molecule has 0 fully saturated rings. The molecule has 0 aliphatic rings. The summed E-state index contributed by atoms with van der Waals surface area (Å²) >= 11 is 12.0. The van der Waals surface area contributed by atoms with Crippen LogP contribution < -0.4 is 36.4 Å². The average Bonchev–Trinajstić information content (AvgIpc) is 0.827. The molecule has 0 saturated carbocycles. The van der Waals surface area contributed by atoms with Gasteiger partial charge in [-0.2, -0.15) is 15.0 Å². The number of nitrogens with one attached hydrogen (secondary N) is 2. The first-order chi connectivity index (χ1) is 47.8. The van der Waals surface area contributed by atoms with Crippen molar-refractivity contribution in [3.63, 3.8) is 0 Å². The normalized spacial score (nSPS) is 14.3. The van der Waals surface area contributed by atoms with Crippen LogP contribution in [0.1, 0.15) is 62.4 Å². The third-order valence-electron chi connectivity index (χ3n) is 13.6. The molecule has 5 aromatic heterocycles. The van der Waals surface area contributed by atoms with Gasteiger partial charge in [-0.1, -0.05) is 30.3 Å². The predicted octanol–water partition coefficient (Wildman–Crippen LogP) is -0.912. The Kier molecular flexibility index (Phi) is 30.9. The van der Waals surface area contributed by atoms with Crippen LogP contribution in [-0.2, 0) is 43.5 Å². The molecule has 0 amide bonds. The Bertz CT molecular complexity index is 4110. The number of carboxylic acid groups (broad SMARTS) is 5. The monoisotopic (exact) mass is 1420 g/mol. The van der Waals surface area contributed by atoms with Crippen LogP contribution in [0.3, 0.4) is 0 Å². The van der Waals surface area contributed by atoms with Crippen LogP contribution in [0.5, 0.6) is 11.8 Å². The number of carbonyl (C=O) groups is 5. The molecule has 37 nitrogen and oxygen atoms in total. The first-order valence-corrected chi connectivity index (χ1v) is 31.0. The van der Waals surface area contributed by atoms with Crippen LogP contribution in [0, 0.1) is 0 Å². The molecule has 0 aliphatic carbocycles. The van der Waals surface area contributed by atoms with E-state index < -0.39 is 135 Å². The number of hydrogen-bond acceptors (Lipinski definition) is 28. The minimum absolute atomic E-state index is 0.0230. The lowest BCUT2D eigenvalue weighted by Crippen LogP contribution is -2.43. The maximum atomic E-state index is 12.9. The lowest BCUT2D eigenvalue weighted by Gasteiger charge is -2.27. The molecule has 6 rings (SSSR count). The van der Waals surface area contributed by atoms with Gasteiger partial charge in [-0.25, -0.2) is 34.7 Å². The molecule has 4 atom stereocenters. The van der Waals surface area contributed by atoms with Crippen LogP contribution in [-0.4, -0.2) is 244 Å². The molecule has 5 heterocycles. The van der Waals surface area contributed by atoms with Crippen molar-refractivity contribution in [2.45, 2.75) is 89.1 Å². The third-order valence-corrected chi connectivity index (χ3v) is 14.0. The van der Waals surface area contributed by atoms with Crippen molar-refractivity contribution >= 4 is 88.4 Å². The first kappa shape index (κ1) is 77.7. The number of rotatable bonds is 41. The summed E-state index contributed by atoms with van der Waals surface area (Å²) in [4.78, 5) is 128. The minimum Gasteiger partial charge on any atom is -0.862 e. The van der Waals surface area contributed by atoms with Crippen LogP contribution >= 0.6 is 23.2 Å². The summed E-state index contributed by atoms with van der Waals surface area (Å²) in [6.45, 7) is -3.99. The highest BCUT2D eigenvalue weighted by Gasteiger charge is 2.28. The SMILES string of the molecule is CC([O-])=NCC([O-])=N[C@@H](CCCCN=c1nc(Cl)[nH]c(=NCCCCC(C(=O)O)N(CC(=O)O)Cc2cccc(-c3cccc(-c4cccc(CN(CC(=O)O)CC(=O)O)n4)n3)n2)[nH]1)C(O)=NCC([O-])=N[C@@H](CO)C(O)=NCC([O-])=N[C@@H](Cc1ccc(Oc2ncnc(Cl)n2)cc1)C(=O)O. The second kappa shape index (κ2) is 39.8. The van der Waals surface area contributed by atoms with Crippen molar-refractivity contribution in [2.24, 2.45) is 39.9 Å². The van der Waals surface area contributed by atoms with E-state index in [0.29, 0.717) is 46.1 Å². The number of nitrogens with zero attached hydrogens (tertiary/aromatic N) is 17. The van der Waals surface area contributed by atoms with E-state index in [0.717, 1.165) is 13.3 Å². The molecule has 0 spiro atoms. The lowest BCUT2D eigenvalue weighted by atomic mass is 10.1. The molecular weight excluding hydrogens is 1360 g/mol. The number of aliphatic imine (C=N–C) groups is 6. The molecule has 1 unspecified atom stereocenters. The van der Waals surface area contributed by atoms with E-state index in [1.165, 1.54) is 34.1 Å². The molecule has 10 N–H and O–H groups in total. The summed E-state index contributed by atoms with van der Waals surface area (Å²) in [5.41, 5.74) is 3.00. The fourth-order valence-corrected chi connectivity index (χ4v) is 9.42. The molecule has 0 aliphatic heterocycles. The molecule has 0 saturated heterocycles. The number of unbranched alkanes of at least 4 members (excludes halogenated alkanes) is 2. The Balaban J connectivity index is 1.02. The van der Waals surface area contributed by atoms with E-state index in [1.807, 2.05) is 0 Å². The van der Waals surface area contributed by atoms with Gasteiger partial charge < -0.3 is 76.0 Å². The first-order valence-electron chi connectivity index (χ1n) is 30.2. The predicted molar refractivity (Wildman–Crippen MR) is 349 cm³/mol. The van der Waals surface area contributed by atoms with E-state index in [1.54, 1.807) is 54.6 Å². The van der Waals surface area contributed by atoms with Crippen LogP contribution in [0.15, 0.2) is 125 Å². The average molecular weight is 1430 g/mol. The van der Waals surface area contributed by atoms with Crippen molar-refractivity contribution in [1.82, 2.24) is 54.7 Å². The second-order valence-electron chi connectivity index (χ2n) is 21.4. The number of aliphatic carboxylic acids is 5. The van der Waals surface area contributed by atoms with E-state index in [9.17, 15) is 85.3 Å². The molecule has 100 heavy (non-hydrogen) atoms. The summed E-state index contributed by atoms with van der Waals surface area (Å²) < 4.78 is 5.48. The number of carboxylic acids is 5. The second-order valence-corrected chi connectivity index (χ2v) is 22.1. The van der Waals surface area contributed by atoms with Gasteiger partial charge in [0.1, 0.15) is 36.2 Å². The number of ether oxygens (including phenoxy) is 1. The molecule has 1 aromatic carbocycles. The maximum Gasteiger partial charge on any atom is 0.328 e. The van der Waals surface area contributed by atoms with Crippen LogP contribution in [0.4, 0.5) is 0 Å². The zero-order valence-electron chi connectivity index (χ0n) is 53.1. The van der Waals surface area contributed by atoms with Gasteiger partial charge in [0, 0.05) is 32.6 Å². The topological polar surface area (TPSA) is 576 Å². The highest BCUT2D eigenvalue weighted by atomic mass is 35.5. The van der Waals surface area contributed by atoms with Gasteiger partial charge in [0.25, 0.3) is 0 Å². The van der Waals surface area contributed by atoms with Crippen LogP contribution in [0.25, 0.3) is 22.8 Å². The van der Waals surface area contributed by atoms with Gasteiger partial charge in [0.15, 0.2) is 0 Å². The number of halogens is 2. The number of aliphatic hydroxyl groups excluding tert-OH is 3. The Morgan fingerprint density at radius 3 is 1.66 bits per heavy atom. The fraction of sp³-hybridized carbons (Fsp3) is 0.377. The standard InChI is InChI=1S/C61H71Cl2N19O18/c1-34(84)66-24-47(85)74-43(53(94)67-26-49(87)76-45(32-83)54(95)68-25-48(86)75-44(55(96)97)23-35-17-19-38(20-18-35)100-61-70-33-69-57(62)79-61)11-2-4-21-64-59-77-58(63)78-60(80-59)65-22-5-3-16-46(56(98)99)82(31-52(92)93)28-37-10-7-13-40(72-37)42-15-8-14-41(73-42)39-12-6-9-36(71-39)27-81(29-50(88)89)30-51(90)91/h6-10,12-15,17-20,33,43-46,83H,2-5,11,16,21-32H2,1H3,(H,66,84)(H,67,94)(H,68,95)(H,74,85)(H,75,86)(H,76,87)(H,88,89)(H,90,91)(H,92,93)(H,96,97)(H,98,99)(H2,64,65,77,78,80)/p-4/t43-,44-,45-,46?/m0/s1.